The Morgan fingerprint density at radius 2 is 1.80 bits per heavy atom. The van der Waals surface area contributed by atoms with Crippen LogP contribution < -0.4 is 9.57 Å². The van der Waals surface area contributed by atoms with E-state index in [0.717, 1.165) is 5.56 Å². The van der Waals surface area contributed by atoms with Crippen LogP contribution in [0.25, 0.3) is 0 Å². The summed E-state index contributed by atoms with van der Waals surface area (Å²) in [5.41, 5.74) is 1.67. The van der Waals surface area contributed by atoms with E-state index < -0.39 is 10.0 Å². The van der Waals surface area contributed by atoms with E-state index in [1.54, 1.807) is 30.3 Å². The average molecular weight is 488 g/mol. The molecule has 132 valence electrons. The Morgan fingerprint density at radius 3 is 2.36 bits per heavy atom. The molecule has 2 rings (SSSR count). The summed E-state index contributed by atoms with van der Waals surface area (Å²) in [5.74, 6) is 0.636. The van der Waals surface area contributed by atoms with Crippen LogP contribution in [-0.2, 0) is 10.0 Å². The number of halogens is 2. The SMILES string of the molecule is C=CCOc1c(Br)cc(C=NNS(=O)(=O)c2ccc(C)cc2)cc1Br. The molecule has 25 heavy (non-hydrogen) atoms. The van der Waals surface area contributed by atoms with Gasteiger partial charge in [0.15, 0.2) is 0 Å². The van der Waals surface area contributed by atoms with Gasteiger partial charge in [-0.3, -0.25) is 0 Å². The minimum Gasteiger partial charge on any atom is -0.487 e. The maximum atomic E-state index is 12.2. The molecule has 0 radical (unpaired) electrons. The molecule has 2 aromatic rings. The summed E-state index contributed by atoms with van der Waals surface area (Å²) in [6.07, 6.45) is 3.06. The number of nitrogens with one attached hydrogen (secondary N) is 1. The van der Waals surface area contributed by atoms with E-state index in [1.807, 2.05) is 6.92 Å². The van der Waals surface area contributed by atoms with Crippen LogP contribution in [0.5, 0.6) is 5.75 Å². The lowest BCUT2D eigenvalue weighted by Crippen LogP contribution is -2.18. The topological polar surface area (TPSA) is 67.8 Å². The van der Waals surface area contributed by atoms with E-state index in [2.05, 4.69) is 48.4 Å². The number of hydrogen-bond donors (Lipinski definition) is 1. The molecule has 1 N–H and O–H groups in total. The molecular weight excluding hydrogens is 472 g/mol. The molecule has 0 aliphatic carbocycles. The van der Waals surface area contributed by atoms with Gasteiger partial charge in [0.25, 0.3) is 10.0 Å². The summed E-state index contributed by atoms with van der Waals surface area (Å²) >= 11 is 6.83. The zero-order valence-corrected chi connectivity index (χ0v) is 17.4. The van der Waals surface area contributed by atoms with E-state index in [-0.39, 0.29) is 4.90 Å². The van der Waals surface area contributed by atoms with E-state index in [1.165, 1.54) is 18.3 Å². The highest BCUT2D eigenvalue weighted by atomic mass is 79.9. The number of hydrazone groups is 1. The fraction of sp³-hybridized carbons (Fsp3) is 0.118. The van der Waals surface area contributed by atoms with Crippen LogP contribution in [0.15, 0.2) is 68.0 Å². The van der Waals surface area contributed by atoms with Gasteiger partial charge >= 0.3 is 0 Å². The van der Waals surface area contributed by atoms with E-state index >= 15 is 0 Å². The lowest BCUT2D eigenvalue weighted by atomic mass is 10.2. The van der Waals surface area contributed by atoms with Crippen LogP contribution in [0.3, 0.4) is 0 Å². The van der Waals surface area contributed by atoms with Crippen LogP contribution in [0.1, 0.15) is 11.1 Å². The molecule has 8 heteroatoms. The van der Waals surface area contributed by atoms with Gasteiger partial charge in [0.05, 0.1) is 20.1 Å². The molecule has 0 aromatic heterocycles. The van der Waals surface area contributed by atoms with Crippen molar-refractivity contribution in [3.05, 3.63) is 69.1 Å². The zero-order valence-electron chi connectivity index (χ0n) is 13.4. The predicted molar refractivity (Wildman–Crippen MR) is 107 cm³/mol. The molecule has 0 saturated heterocycles. The molecule has 0 aliphatic rings. The van der Waals surface area contributed by atoms with Crippen LogP contribution in [0.4, 0.5) is 0 Å². The molecule has 0 bridgehead atoms. The van der Waals surface area contributed by atoms with Gasteiger partial charge in [-0.2, -0.15) is 13.5 Å². The van der Waals surface area contributed by atoms with Gasteiger partial charge in [0.2, 0.25) is 0 Å². The van der Waals surface area contributed by atoms with Crippen LogP contribution in [-0.4, -0.2) is 21.2 Å². The standard InChI is InChI=1S/C17H16Br2N2O3S/c1-3-8-24-17-15(18)9-13(10-16(17)19)11-20-21-25(22,23)14-6-4-12(2)5-7-14/h3-7,9-11,21H,1,8H2,2H3. The van der Waals surface area contributed by atoms with Crippen LogP contribution in [0.2, 0.25) is 0 Å². The number of ether oxygens (including phenoxy) is 1. The van der Waals surface area contributed by atoms with Gasteiger partial charge in [-0.05, 0) is 68.6 Å². The molecule has 0 unspecified atom stereocenters. The van der Waals surface area contributed by atoms with E-state index in [0.29, 0.717) is 26.9 Å². The Balaban J connectivity index is 2.14. The van der Waals surface area contributed by atoms with Crippen molar-refractivity contribution in [3.8, 4) is 5.75 Å². The van der Waals surface area contributed by atoms with Gasteiger partial charge in [-0.1, -0.05) is 30.4 Å². The smallest absolute Gasteiger partial charge is 0.276 e. The first-order valence-electron chi connectivity index (χ1n) is 7.18. The first kappa shape index (κ1) is 19.7. The first-order valence-corrected chi connectivity index (χ1v) is 10.2. The third kappa shape index (κ3) is 5.42. The Morgan fingerprint density at radius 1 is 1.20 bits per heavy atom. The zero-order chi connectivity index (χ0) is 18.4. The normalized spacial score (nSPS) is 11.5. The molecule has 0 fully saturated rings. The fourth-order valence-corrected chi connectivity index (χ4v) is 4.12. The third-order valence-electron chi connectivity index (χ3n) is 3.08. The van der Waals surface area contributed by atoms with Gasteiger partial charge in [-0.25, -0.2) is 4.83 Å². The number of rotatable bonds is 7. The molecule has 0 spiro atoms. The highest BCUT2D eigenvalue weighted by Crippen LogP contribution is 2.34. The number of aryl methyl sites for hydroxylation is 1. The quantitative estimate of drug-likeness (QED) is 0.357. The summed E-state index contributed by atoms with van der Waals surface area (Å²) in [6, 6.07) is 10.1. The monoisotopic (exact) mass is 486 g/mol. The molecule has 0 amide bonds. The van der Waals surface area contributed by atoms with Crippen molar-refractivity contribution in [2.45, 2.75) is 11.8 Å². The number of nitrogens with zero attached hydrogens (tertiary/aromatic N) is 1. The highest BCUT2D eigenvalue weighted by molar-refractivity contribution is 9.11. The Hall–Kier alpha value is -1.64. The van der Waals surface area contributed by atoms with Gasteiger partial charge in [0, 0.05) is 0 Å². The minimum atomic E-state index is -3.69. The second-order valence-corrected chi connectivity index (χ2v) is 8.45. The fourth-order valence-electron chi connectivity index (χ4n) is 1.87. The van der Waals surface area contributed by atoms with E-state index in [4.69, 9.17) is 4.74 Å². The van der Waals surface area contributed by atoms with Crippen molar-refractivity contribution in [2.75, 3.05) is 6.61 Å². The van der Waals surface area contributed by atoms with Crippen molar-refractivity contribution in [1.82, 2.24) is 4.83 Å². The lowest BCUT2D eigenvalue weighted by Gasteiger charge is -2.09. The summed E-state index contributed by atoms with van der Waals surface area (Å²) in [6.45, 7) is 5.87. The maximum Gasteiger partial charge on any atom is 0.276 e. The van der Waals surface area contributed by atoms with Gasteiger partial charge < -0.3 is 4.74 Å². The number of sulfonamides is 1. The second-order valence-electron chi connectivity index (χ2n) is 5.08. The molecule has 0 aliphatic heterocycles. The van der Waals surface area contributed by atoms with Crippen molar-refractivity contribution >= 4 is 48.1 Å². The molecule has 0 heterocycles. The van der Waals surface area contributed by atoms with Gasteiger partial charge in [-0.15, -0.1) is 0 Å². The van der Waals surface area contributed by atoms with Crippen LogP contribution in [0, 0.1) is 6.92 Å². The molecule has 0 saturated carbocycles. The van der Waals surface area contributed by atoms with Crippen molar-refractivity contribution in [3.63, 3.8) is 0 Å². The number of hydrogen-bond acceptors (Lipinski definition) is 4. The second kappa shape index (κ2) is 8.64. The number of benzene rings is 2. The van der Waals surface area contributed by atoms with Crippen molar-refractivity contribution < 1.29 is 13.2 Å². The third-order valence-corrected chi connectivity index (χ3v) is 5.50. The summed E-state index contributed by atoms with van der Waals surface area (Å²) < 4.78 is 31.3. The predicted octanol–water partition coefficient (Wildman–Crippen LogP) is 4.40. The van der Waals surface area contributed by atoms with Crippen molar-refractivity contribution in [1.29, 1.82) is 0 Å². The van der Waals surface area contributed by atoms with Crippen molar-refractivity contribution in [2.24, 2.45) is 5.10 Å². The Kier molecular flexibility index (Phi) is 6.80. The average Bonchev–Trinajstić information content (AvgIpc) is 2.54. The first-order chi connectivity index (χ1) is 11.8. The highest BCUT2D eigenvalue weighted by Gasteiger charge is 2.12. The summed E-state index contributed by atoms with van der Waals surface area (Å²) in [7, 11) is -3.69. The molecule has 0 atom stereocenters. The largest absolute Gasteiger partial charge is 0.487 e. The Bertz CT molecular complexity index is 872. The van der Waals surface area contributed by atoms with Crippen LogP contribution >= 0.6 is 31.9 Å². The molecule has 5 nitrogen and oxygen atoms in total. The minimum absolute atomic E-state index is 0.158. The molecular formula is C17H16Br2N2O3S. The molecule has 2 aromatic carbocycles. The summed E-state index contributed by atoms with van der Waals surface area (Å²) in [4.78, 5) is 2.36. The Labute approximate surface area is 164 Å². The maximum absolute atomic E-state index is 12.2. The lowest BCUT2D eigenvalue weighted by molar-refractivity contribution is 0.358. The summed E-state index contributed by atoms with van der Waals surface area (Å²) in [5, 5.41) is 3.82. The van der Waals surface area contributed by atoms with E-state index in [9.17, 15) is 8.42 Å². The van der Waals surface area contributed by atoms with Gasteiger partial charge in [0.1, 0.15) is 12.4 Å².